The fourth-order valence-corrected chi connectivity index (χ4v) is 7.51. The lowest BCUT2D eigenvalue weighted by molar-refractivity contribution is -0.153. The van der Waals surface area contributed by atoms with Crippen molar-refractivity contribution in [2.24, 2.45) is 0 Å². The van der Waals surface area contributed by atoms with E-state index in [1.165, 1.54) is 23.6 Å². The summed E-state index contributed by atoms with van der Waals surface area (Å²) in [5, 5.41) is 28.1. The SMILES string of the molecule is C[C@@](O)(C(=O)N1CCCC1C(=O)Nc1ccc(-c2nc[nH]c2-c2ccc(NC(=O)C3CCCN3C(=O)[C@@](C)(O)c3ccccc3)cc2)cc1)c1ccccc1. The molecule has 0 saturated carbocycles. The number of imidazole rings is 1. The molecule has 55 heavy (non-hydrogen) atoms. The first-order valence-electron chi connectivity index (χ1n) is 18.5. The minimum Gasteiger partial charge on any atom is -0.376 e. The third kappa shape index (κ3) is 7.51. The largest absolute Gasteiger partial charge is 0.376 e. The number of aliphatic hydroxyl groups is 2. The number of nitrogens with one attached hydrogen (secondary N) is 3. The van der Waals surface area contributed by atoms with E-state index < -0.39 is 35.1 Å². The topological polar surface area (TPSA) is 168 Å². The van der Waals surface area contributed by atoms with Crippen LogP contribution in [-0.4, -0.2) is 78.8 Å². The zero-order valence-corrected chi connectivity index (χ0v) is 30.7. The molecule has 282 valence electrons. The van der Waals surface area contributed by atoms with Crippen molar-refractivity contribution in [2.45, 2.75) is 62.8 Å². The van der Waals surface area contributed by atoms with Gasteiger partial charge in [-0.15, -0.1) is 0 Å². The van der Waals surface area contributed by atoms with Crippen LogP contribution in [0.5, 0.6) is 0 Å². The van der Waals surface area contributed by atoms with Crippen molar-refractivity contribution >= 4 is 35.0 Å². The number of aromatic amines is 1. The third-order valence-corrected chi connectivity index (χ3v) is 10.6. The van der Waals surface area contributed by atoms with Crippen molar-refractivity contribution in [3.63, 3.8) is 0 Å². The first-order valence-corrected chi connectivity index (χ1v) is 18.5. The number of H-pyrrole nitrogens is 1. The number of anilines is 2. The van der Waals surface area contributed by atoms with Gasteiger partial charge in [0.15, 0.2) is 11.2 Å². The highest BCUT2D eigenvalue weighted by Crippen LogP contribution is 2.33. The number of carbonyl (C=O) groups is 4. The normalized spacial score (nSPS) is 19.0. The van der Waals surface area contributed by atoms with Crippen LogP contribution in [0.3, 0.4) is 0 Å². The van der Waals surface area contributed by atoms with Gasteiger partial charge in [-0.1, -0.05) is 84.9 Å². The van der Waals surface area contributed by atoms with E-state index in [9.17, 15) is 29.4 Å². The Bertz CT molecular complexity index is 2010. The number of carbonyl (C=O) groups excluding carboxylic acids is 4. The zero-order valence-electron chi connectivity index (χ0n) is 30.7. The van der Waals surface area contributed by atoms with Gasteiger partial charge in [-0.05, 0) is 74.9 Å². The molecular weight excluding hydrogens is 697 g/mol. The molecule has 0 bridgehead atoms. The zero-order chi connectivity index (χ0) is 38.7. The van der Waals surface area contributed by atoms with Crippen molar-refractivity contribution in [1.29, 1.82) is 0 Å². The fraction of sp³-hybridized carbons (Fsp3) is 0.279. The van der Waals surface area contributed by atoms with Crippen LogP contribution in [-0.2, 0) is 30.4 Å². The van der Waals surface area contributed by atoms with Gasteiger partial charge in [-0.25, -0.2) is 4.98 Å². The summed E-state index contributed by atoms with van der Waals surface area (Å²) in [6.45, 7) is 3.69. The molecule has 2 fully saturated rings. The second kappa shape index (κ2) is 15.3. The lowest BCUT2D eigenvalue weighted by Crippen LogP contribution is -2.50. The number of hydrogen-bond donors (Lipinski definition) is 5. The highest BCUT2D eigenvalue weighted by molar-refractivity contribution is 6.00. The Morgan fingerprint density at radius 2 is 1.05 bits per heavy atom. The third-order valence-electron chi connectivity index (χ3n) is 10.6. The van der Waals surface area contributed by atoms with Crippen molar-refractivity contribution < 1.29 is 29.4 Å². The summed E-state index contributed by atoms with van der Waals surface area (Å²) in [7, 11) is 0. The Morgan fingerprint density at radius 1 is 0.636 bits per heavy atom. The van der Waals surface area contributed by atoms with E-state index in [1.807, 2.05) is 36.4 Å². The molecule has 0 spiro atoms. The Morgan fingerprint density at radius 3 is 1.49 bits per heavy atom. The molecule has 12 heteroatoms. The average Bonchev–Trinajstić information content (AvgIpc) is 4.01. The fourth-order valence-electron chi connectivity index (χ4n) is 7.51. The molecule has 1 aromatic heterocycles. The van der Waals surface area contributed by atoms with E-state index >= 15 is 0 Å². The second-order valence-corrected chi connectivity index (χ2v) is 14.4. The summed E-state index contributed by atoms with van der Waals surface area (Å²) >= 11 is 0. The predicted octanol–water partition coefficient (Wildman–Crippen LogP) is 5.42. The van der Waals surface area contributed by atoms with E-state index in [4.69, 9.17) is 0 Å². The molecule has 4 aromatic carbocycles. The lowest BCUT2D eigenvalue weighted by Gasteiger charge is -2.32. The van der Waals surface area contributed by atoms with Gasteiger partial charge in [0.05, 0.1) is 17.7 Å². The Labute approximate surface area is 319 Å². The maximum Gasteiger partial charge on any atom is 0.259 e. The van der Waals surface area contributed by atoms with Crippen LogP contribution in [0.1, 0.15) is 50.7 Å². The number of benzene rings is 4. The maximum atomic E-state index is 13.4. The molecule has 12 nitrogen and oxygen atoms in total. The van der Waals surface area contributed by atoms with Crippen LogP contribution < -0.4 is 10.6 Å². The first kappa shape index (κ1) is 37.2. The van der Waals surface area contributed by atoms with Gasteiger partial charge in [0.2, 0.25) is 11.8 Å². The van der Waals surface area contributed by atoms with Crippen molar-refractivity contribution in [3.05, 3.63) is 127 Å². The minimum absolute atomic E-state index is 0.317. The van der Waals surface area contributed by atoms with Crippen LogP contribution in [0.25, 0.3) is 22.5 Å². The number of likely N-dealkylation sites (tertiary alicyclic amines) is 2. The summed E-state index contributed by atoms with van der Waals surface area (Å²) in [6.07, 6.45) is 3.90. The Balaban J connectivity index is 0.980. The molecule has 2 aliphatic rings. The molecule has 4 amide bonds. The molecule has 0 aliphatic carbocycles. The van der Waals surface area contributed by atoms with Crippen LogP contribution in [0.4, 0.5) is 11.4 Å². The van der Waals surface area contributed by atoms with Gasteiger partial charge in [0.25, 0.3) is 11.8 Å². The van der Waals surface area contributed by atoms with Crippen molar-refractivity contribution in [2.75, 3.05) is 23.7 Å². The highest BCUT2D eigenvalue weighted by atomic mass is 16.3. The smallest absolute Gasteiger partial charge is 0.259 e. The molecule has 7 rings (SSSR count). The van der Waals surface area contributed by atoms with Crippen LogP contribution in [0, 0.1) is 0 Å². The summed E-state index contributed by atoms with van der Waals surface area (Å²) in [5.41, 5.74) is 1.64. The van der Waals surface area contributed by atoms with Gasteiger partial charge in [-0.2, -0.15) is 0 Å². The monoisotopic (exact) mass is 740 g/mol. The number of rotatable bonds is 10. The molecule has 4 atom stereocenters. The van der Waals surface area contributed by atoms with Gasteiger partial charge in [0.1, 0.15) is 12.1 Å². The quantitative estimate of drug-likeness (QED) is 0.128. The van der Waals surface area contributed by atoms with Gasteiger partial charge in [0, 0.05) is 35.6 Å². The molecular formula is C43H44N6O6. The summed E-state index contributed by atoms with van der Waals surface area (Å²) in [5.74, 6) is -1.64. The Hall–Kier alpha value is -6.11. The van der Waals surface area contributed by atoms with Crippen LogP contribution >= 0.6 is 0 Å². The first-order chi connectivity index (χ1) is 26.4. The molecule has 3 heterocycles. The molecule has 0 radical (unpaired) electrons. The molecule has 2 saturated heterocycles. The number of amides is 4. The second-order valence-electron chi connectivity index (χ2n) is 14.4. The Kier molecular flexibility index (Phi) is 10.4. The maximum absolute atomic E-state index is 13.4. The minimum atomic E-state index is -1.76. The number of aromatic nitrogens is 2. The molecule has 5 N–H and O–H groups in total. The summed E-state index contributed by atoms with van der Waals surface area (Å²) < 4.78 is 0. The van der Waals surface area contributed by atoms with Crippen LogP contribution in [0.2, 0.25) is 0 Å². The highest BCUT2D eigenvalue weighted by Gasteiger charge is 2.44. The van der Waals surface area contributed by atoms with Gasteiger partial charge < -0.3 is 35.6 Å². The van der Waals surface area contributed by atoms with E-state index in [0.717, 1.165) is 16.8 Å². The van der Waals surface area contributed by atoms with Crippen molar-refractivity contribution in [1.82, 2.24) is 19.8 Å². The van der Waals surface area contributed by atoms with E-state index in [0.29, 0.717) is 67.0 Å². The van der Waals surface area contributed by atoms with E-state index in [2.05, 4.69) is 20.6 Å². The lowest BCUT2D eigenvalue weighted by atomic mass is 9.94. The molecule has 2 aliphatic heterocycles. The van der Waals surface area contributed by atoms with Crippen molar-refractivity contribution in [3.8, 4) is 22.5 Å². The van der Waals surface area contributed by atoms with Gasteiger partial charge >= 0.3 is 0 Å². The number of nitrogens with zero attached hydrogens (tertiary/aromatic N) is 3. The molecule has 2 unspecified atom stereocenters. The number of hydrogen-bond acceptors (Lipinski definition) is 7. The predicted molar refractivity (Wildman–Crippen MR) is 208 cm³/mol. The molecule has 5 aromatic rings. The summed E-state index contributed by atoms with van der Waals surface area (Å²) in [6, 6.07) is 30.6. The summed E-state index contributed by atoms with van der Waals surface area (Å²) in [4.78, 5) is 64.3. The van der Waals surface area contributed by atoms with Gasteiger partial charge in [-0.3, -0.25) is 19.2 Å². The average molecular weight is 741 g/mol. The van der Waals surface area contributed by atoms with Crippen LogP contribution in [0.15, 0.2) is 116 Å². The van der Waals surface area contributed by atoms with E-state index in [-0.39, 0.29) is 11.8 Å². The van der Waals surface area contributed by atoms with E-state index in [1.54, 1.807) is 79.1 Å². The standard InChI is InChI=1S/C43H44N6O6/c1-42(54,30-11-5-3-6-12-30)40(52)48-25-9-15-34(48)38(50)46-32-21-17-28(18-22-32)36-37(45-27-44-36)29-19-23-33(24-20-29)47-39(51)35-16-10-26-49(35)41(53)43(2,55)31-13-7-4-8-14-31/h3-8,11-14,17-24,27,34-35,54-55H,9-10,15-16,25-26H2,1-2H3,(H,44,45)(H,46,50)(H,47,51)/t34?,35?,42-,43-/m0/s1.